The SMILES string of the molecule is CC1(C)CCC(C)(C)c2cc3c(cc21)c1cc2c(cc1n3-c1cccc(C3N=C(c4ccccc4)N=C(c4ccc5c6ccccc6n(-c6ccccc6)c5c4)N3)c1)C=CCC2. The van der Waals surface area contributed by atoms with E-state index in [4.69, 9.17) is 9.98 Å². The summed E-state index contributed by atoms with van der Waals surface area (Å²) in [7, 11) is 0. The molecular formula is C57H49N5. The van der Waals surface area contributed by atoms with E-state index >= 15 is 0 Å². The second-order valence-electron chi connectivity index (χ2n) is 18.9. The van der Waals surface area contributed by atoms with Crippen LogP contribution in [0.25, 0.3) is 61.1 Å². The second kappa shape index (κ2) is 13.8. The number of hydrogen-bond donors (Lipinski definition) is 1. The largest absolute Gasteiger partial charge is 0.344 e. The molecule has 2 aliphatic carbocycles. The summed E-state index contributed by atoms with van der Waals surface area (Å²) in [6, 6.07) is 55.4. The average Bonchev–Trinajstić information content (AvgIpc) is 3.81. The zero-order valence-corrected chi connectivity index (χ0v) is 35.8. The van der Waals surface area contributed by atoms with Gasteiger partial charge in [0.2, 0.25) is 0 Å². The topological polar surface area (TPSA) is 46.6 Å². The van der Waals surface area contributed by atoms with Gasteiger partial charge in [-0.25, -0.2) is 9.98 Å². The van der Waals surface area contributed by atoms with E-state index in [1.165, 1.54) is 73.2 Å². The molecule has 5 heteroatoms. The van der Waals surface area contributed by atoms with Crippen molar-refractivity contribution in [2.24, 2.45) is 9.98 Å². The first kappa shape index (κ1) is 36.8. The first-order chi connectivity index (χ1) is 30.2. The van der Waals surface area contributed by atoms with Gasteiger partial charge in [-0.3, -0.25) is 0 Å². The van der Waals surface area contributed by atoms with Crippen molar-refractivity contribution in [1.29, 1.82) is 0 Å². The van der Waals surface area contributed by atoms with Crippen LogP contribution in [0.2, 0.25) is 0 Å². The summed E-state index contributed by atoms with van der Waals surface area (Å²) in [5.74, 6) is 1.51. The molecule has 1 aliphatic heterocycles. The lowest BCUT2D eigenvalue weighted by molar-refractivity contribution is 0.332. The molecule has 0 fully saturated rings. The van der Waals surface area contributed by atoms with Crippen molar-refractivity contribution in [3.05, 3.63) is 197 Å². The van der Waals surface area contributed by atoms with E-state index in [-0.39, 0.29) is 17.0 Å². The third-order valence-corrected chi connectivity index (χ3v) is 14.1. The monoisotopic (exact) mass is 803 g/mol. The Morgan fingerprint density at radius 3 is 2.03 bits per heavy atom. The van der Waals surface area contributed by atoms with E-state index in [0.29, 0.717) is 5.84 Å². The van der Waals surface area contributed by atoms with Crippen LogP contribution in [0.4, 0.5) is 0 Å². The molecule has 7 aromatic carbocycles. The van der Waals surface area contributed by atoms with Gasteiger partial charge in [-0.05, 0) is 125 Å². The molecule has 1 atom stereocenters. The zero-order valence-electron chi connectivity index (χ0n) is 35.8. The first-order valence-electron chi connectivity index (χ1n) is 22.2. The maximum absolute atomic E-state index is 5.35. The Hall–Kier alpha value is -6.98. The summed E-state index contributed by atoms with van der Waals surface area (Å²) in [4.78, 5) is 10.6. The molecule has 12 rings (SSSR count). The Kier molecular flexibility index (Phi) is 8.18. The predicted molar refractivity (Wildman–Crippen MR) is 260 cm³/mol. The lowest BCUT2D eigenvalue weighted by atomic mass is 9.63. The number of aliphatic imine (C=N–C) groups is 2. The number of aryl methyl sites for hydroxylation is 1. The predicted octanol–water partition coefficient (Wildman–Crippen LogP) is 13.7. The van der Waals surface area contributed by atoms with E-state index in [2.05, 4.69) is 200 Å². The van der Waals surface area contributed by atoms with Crippen LogP contribution in [0.3, 0.4) is 0 Å². The van der Waals surface area contributed by atoms with Crippen molar-refractivity contribution in [2.45, 2.75) is 70.4 Å². The number of para-hydroxylation sites is 2. The van der Waals surface area contributed by atoms with Crippen molar-refractivity contribution in [2.75, 3.05) is 0 Å². The lowest BCUT2D eigenvalue weighted by Crippen LogP contribution is -2.33. The number of nitrogens with zero attached hydrogens (tertiary/aromatic N) is 4. The van der Waals surface area contributed by atoms with Crippen LogP contribution in [0.15, 0.2) is 168 Å². The standard InChI is InChI=1S/C57H49N5/c1-56(2)28-29-57(3,4)48-35-52-46(34-47(48)56)45-31-37-18-11-12-19-38(37)32-51(45)62(52)42-23-15-20-39(30-42)54-58-53(36-16-7-5-8-17-36)59-55(60-54)40-26-27-44-43-24-13-14-25-49(43)61(50(44)33-40)41-21-9-6-10-22-41/h5-10,12-17,19-27,30-35,54H,11,18,28-29H2,1-4H3,(H,58,59,60). The van der Waals surface area contributed by atoms with E-state index in [1.807, 2.05) is 6.07 Å². The summed E-state index contributed by atoms with van der Waals surface area (Å²) >= 11 is 0. The van der Waals surface area contributed by atoms with Gasteiger partial charge in [0.25, 0.3) is 0 Å². The molecule has 0 spiro atoms. The van der Waals surface area contributed by atoms with Gasteiger partial charge in [-0.1, -0.05) is 131 Å². The Morgan fingerprint density at radius 1 is 0.548 bits per heavy atom. The Morgan fingerprint density at radius 2 is 1.21 bits per heavy atom. The molecule has 1 N–H and O–H groups in total. The van der Waals surface area contributed by atoms with Crippen LogP contribution in [0.5, 0.6) is 0 Å². The molecule has 5 nitrogen and oxygen atoms in total. The van der Waals surface area contributed by atoms with Crippen molar-refractivity contribution in [3.8, 4) is 11.4 Å². The maximum atomic E-state index is 5.35. The first-order valence-corrected chi connectivity index (χ1v) is 22.2. The molecule has 3 heterocycles. The number of benzene rings is 7. The van der Waals surface area contributed by atoms with E-state index in [1.54, 1.807) is 0 Å². The second-order valence-corrected chi connectivity index (χ2v) is 18.9. The van der Waals surface area contributed by atoms with Crippen molar-refractivity contribution in [1.82, 2.24) is 14.5 Å². The van der Waals surface area contributed by atoms with Crippen molar-refractivity contribution >= 4 is 61.4 Å². The van der Waals surface area contributed by atoms with Crippen LogP contribution in [-0.2, 0) is 17.3 Å². The number of rotatable bonds is 5. The maximum Gasteiger partial charge on any atom is 0.159 e. The van der Waals surface area contributed by atoms with Gasteiger partial charge in [0.15, 0.2) is 5.84 Å². The smallest absolute Gasteiger partial charge is 0.159 e. The van der Waals surface area contributed by atoms with Crippen molar-refractivity contribution in [3.63, 3.8) is 0 Å². The van der Waals surface area contributed by atoms with Crippen LogP contribution >= 0.6 is 0 Å². The minimum atomic E-state index is -0.371. The fourth-order valence-corrected chi connectivity index (χ4v) is 10.6. The van der Waals surface area contributed by atoms with E-state index in [0.717, 1.165) is 52.3 Å². The van der Waals surface area contributed by atoms with Crippen LogP contribution in [0.1, 0.15) is 92.1 Å². The van der Waals surface area contributed by atoms with E-state index in [9.17, 15) is 0 Å². The van der Waals surface area contributed by atoms with Gasteiger partial charge < -0.3 is 14.5 Å². The minimum absolute atomic E-state index is 0.0902. The molecule has 0 saturated carbocycles. The van der Waals surface area contributed by atoms with Gasteiger partial charge in [0.05, 0.1) is 22.1 Å². The van der Waals surface area contributed by atoms with Gasteiger partial charge >= 0.3 is 0 Å². The average molecular weight is 804 g/mol. The quantitative estimate of drug-likeness (QED) is 0.185. The fourth-order valence-electron chi connectivity index (χ4n) is 10.6. The van der Waals surface area contributed by atoms with Gasteiger partial charge in [-0.15, -0.1) is 0 Å². The van der Waals surface area contributed by atoms with Gasteiger partial charge in [-0.2, -0.15) is 0 Å². The van der Waals surface area contributed by atoms with Crippen LogP contribution in [-0.4, -0.2) is 20.8 Å². The van der Waals surface area contributed by atoms with Crippen LogP contribution < -0.4 is 5.32 Å². The summed E-state index contributed by atoms with van der Waals surface area (Å²) in [6.07, 6.45) is 8.80. The molecule has 9 aromatic rings. The number of amidine groups is 2. The molecule has 2 aromatic heterocycles. The molecule has 0 radical (unpaired) electrons. The molecule has 3 aliphatic rings. The molecule has 1 unspecified atom stereocenters. The highest BCUT2D eigenvalue weighted by molar-refractivity contribution is 6.16. The lowest BCUT2D eigenvalue weighted by Gasteiger charge is -2.42. The Bertz CT molecular complexity index is 3370. The molecule has 62 heavy (non-hydrogen) atoms. The zero-order chi connectivity index (χ0) is 41.7. The molecule has 0 saturated heterocycles. The van der Waals surface area contributed by atoms with Gasteiger partial charge in [0.1, 0.15) is 12.0 Å². The highest BCUT2D eigenvalue weighted by atomic mass is 15.2. The van der Waals surface area contributed by atoms with Crippen LogP contribution in [0, 0.1) is 0 Å². The summed E-state index contributed by atoms with van der Waals surface area (Å²) in [5.41, 5.74) is 16.1. The highest BCUT2D eigenvalue weighted by Crippen LogP contribution is 2.49. The number of nitrogens with one attached hydrogen (secondary N) is 1. The van der Waals surface area contributed by atoms with Crippen molar-refractivity contribution < 1.29 is 0 Å². The number of aromatic nitrogens is 2. The normalized spacial score (nSPS) is 17.8. The molecular weight excluding hydrogens is 755 g/mol. The minimum Gasteiger partial charge on any atom is -0.344 e. The highest BCUT2D eigenvalue weighted by Gasteiger charge is 2.38. The summed E-state index contributed by atoms with van der Waals surface area (Å²) < 4.78 is 4.88. The summed E-state index contributed by atoms with van der Waals surface area (Å²) in [5, 5.41) is 8.94. The molecule has 0 bridgehead atoms. The number of hydrogen-bond acceptors (Lipinski definition) is 3. The third-order valence-electron chi connectivity index (χ3n) is 14.1. The summed E-state index contributed by atoms with van der Waals surface area (Å²) in [6.45, 7) is 9.73. The number of fused-ring (bicyclic) bond motifs is 8. The fraction of sp³-hybridized carbons (Fsp3) is 0.193. The Labute approximate surface area is 362 Å². The Balaban J connectivity index is 1.02. The van der Waals surface area contributed by atoms with E-state index < -0.39 is 0 Å². The molecule has 302 valence electrons. The third kappa shape index (κ3) is 5.82. The van der Waals surface area contributed by atoms with Gasteiger partial charge in [0, 0.05) is 44.0 Å². The molecule has 0 amide bonds. The number of allylic oxidation sites excluding steroid dienone is 1.